The van der Waals surface area contributed by atoms with Gasteiger partial charge in [-0.15, -0.1) is 0 Å². The average Bonchev–Trinajstić information content (AvgIpc) is 3.30. The normalized spacial score (nSPS) is 13.5. The van der Waals surface area contributed by atoms with Crippen molar-refractivity contribution in [1.29, 1.82) is 0 Å². The number of hydrogen-bond acceptors (Lipinski definition) is 5. The second kappa shape index (κ2) is 53.1. The van der Waals surface area contributed by atoms with Crippen molar-refractivity contribution in [3.05, 3.63) is 146 Å². The Labute approximate surface area is 393 Å². The van der Waals surface area contributed by atoms with Gasteiger partial charge in [-0.2, -0.15) is 0 Å². The molecule has 1 unspecified atom stereocenters. The van der Waals surface area contributed by atoms with Crippen LogP contribution in [0.2, 0.25) is 0 Å². The number of allylic oxidation sites excluding steroid dienone is 24. The van der Waals surface area contributed by atoms with Gasteiger partial charge in [0.15, 0.2) is 6.10 Å². The van der Waals surface area contributed by atoms with Crippen LogP contribution in [0.1, 0.15) is 188 Å². The number of ether oxygens (including phenoxy) is 3. The SMILES string of the molecule is CC/C=C\C/C=C\C/C=C\C/C=C\C/C=C\CCCC(=O)OCC(COCCCCCC/C=C\C/C=C\C/C=C\CC)OC(=O)CCCCCC/C=C\C/C=C\C/C=C\C/C=C\CC. The third-order valence-corrected chi connectivity index (χ3v) is 9.85. The Kier molecular flexibility index (Phi) is 49.6. The lowest BCUT2D eigenvalue weighted by atomic mass is 10.1. The van der Waals surface area contributed by atoms with Crippen molar-refractivity contribution in [2.75, 3.05) is 19.8 Å². The van der Waals surface area contributed by atoms with Gasteiger partial charge in [0, 0.05) is 19.4 Å². The highest BCUT2D eigenvalue weighted by molar-refractivity contribution is 5.70. The number of hydrogen-bond donors (Lipinski definition) is 0. The Morgan fingerprint density at radius 3 is 1.08 bits per heavy atom. The molecule has 0 aliphatic rings. The Morgan fingerprint density at radius 2 is 0.672 bits per heavy atom. The molecule has 1 atom stereocenters. The van der Waals surface area contributed by atoms with Crippen molar-refractivity contribution in [1.82, 2.24) is 0 Å². The van der Waals surface area contributed by atoms with Gasteiger partial charge in [0.25, 0.3) is 0 Å². The standard InChI is InChI=1S/C59H92O5/c1-4-7-10-13-16-19-22-25-28-30-32-34-37-40-43-46-49-52-58(60)63-56-57(55-62-54-51-48-45-42-39-36-27-24-21-18-15-12-9-6-3)64-59(61)53-50-47-44-41-38-35-33-31-29-26-23-20-17-14-11-8-5-2/h7-12,16-21,25-29,32-36,40,43,57H,4-6,13-15,22-24,30-31,37-39,41-42,44-56H2,1-3H3/b10-7-,11-8-,12-9-,19-16-,20-17-,21-18-,28-25-,29-26-,34-32-,35-33-,36-27-,43-40-. The Morgan fingerprint density at radius 1 is 0.344 bits per heavy atom. The van der Waals surface area contributed by atoms with E-state index in [1.807, 2.05) is 0 Å². The van der Waals surface area contributed by atoms with E-state index in [1.54, 1.807) is 0 Å². The first-order valence-corrected chi connectivity index (χ1v) is 25.4. The molecule has 0 aliphatic heterocycles. The first kappa shape index (κ1) is 59.8. The van der Waals surface area contributed by atoms with Gasteiger partial charge in [0.2, 0.25) is 0 Å². The van der Waals surface area contributed by atoms with E-state index in [4.69, 9.17) is 14.2 Å². The molecule has 0 aliphatic carbocycles. The van der Waals surface area contributed by atoms with Crippen molar-refractivity contribution in [2.24, 2.45) is 0 Å². The van der Waals surface area contributed by atoms with Crippen molar-refractivity contribution >= 4 is 11.9 Å². The maximum Gasteiger partial charge on any atom is 0.306 e. The summed E-state index contributed by atoms with van der Waals surface area (Å²) in [5.41, 5.74) is 0. The van der Waals surface area contributed by atoms with Crippen molar-refractivity contribution in [3.63, 3.8) is 0 Å². The molecule has 358 valence electrons. The van der Waals surface area contributed by atoms with Gasteiger partial charge in [-0.1, -0.05) is 192 Å². The van der Waals surface area contributed by atoms with Gasteiger partial charge in [0.05, 0.1) is 6.61 Å². The molecule has 0 rings (SSSR count). The van der Waals surface area contributed by atoms with E-state index >= 15 is 0 Å². The van der Waals surface area contributed by atoms with Crippen LogP contribution >= 0.6 is 0 Å². The van der Waals surface area contributed by atoms with Crippen LogP contribution in [0.15, 0.2) is 146 Å². The van der Waals surface area contributed by atoms with Crippen LogP contribution in [0, 0.1) is 0 Å². The Balaban J connectivity index is 4.49. The number of rotatable bonds is 44. The third kappa shape index (κ3) is 50.4. The first-order valence-electron chi connectivity index (χ1n) is 25.4. The van der Waals surface area contributed by atoms with Gasteiger partial charge in [-0.05, 0) is 128 Å². The van der Waals surface area contributed by atoms with Gasteiger partial charge in [-0.25, -0.2) is 0 Å². The van der Waals surface area contributed by atoms with Crippen molar-refractivity contribution in [3.8, 4) is 0 Å². The maximum absolute atomic E-state index is 12.8. The monoisotopic (exact) mass is 881 g/mol. The molecule has 0 radical (unpaired) electrons. The van der Waals surface area contributed by atoms with E-state index in [-0.39, 0.29) is 25.2 Å². The molecule has 0 saturated heterocycles. The zero-order valence-electron chi connectivity index (χ0n) is 41.0. The highest BCUT2D eigenvalue weighted by Gasteiger charge is 2.17. The van der Waals surface area contributed by atoms with E-state index in [0.717, 1.165) is 148 Å². The minimum atomic E-state index is -0.595. The molecule has 0 fully saturated rings. The van der Waals surface area contributed by atoms with Crippen LogP contribution in [0.5, 0.6) is 0 Å². The second-order valence-corrected chi connectivity index (χ2v) is 15.9. The summed E-state index contributed by atoms with van der Waals surface area (Å²) in [7, 11) is 0. The topological polar surface area (TPSA) is 61.8 Å². The molecule has 0 aromatic rings. The fraction of sp³-hybridized carbons (Fsp3) is 0.559. The summed E-state index contributed by atoms with van der Waals surface area (Å²) in [6.45, 7) is 7.32. The van der Waals surface area contributed by atoms with Gasteiger partial charge >= 0.3 is 11.9 Å². The minimum Gasteiger partial charge on any atom is -0.462 e. The van der Waals surface area contributed by atoms with E-state index in [0.29, 0.717) is 19.4 Å². The number of carbonyl (C=O) groups is 2. The zero-order chi connectivity index (χ0) is 46.3. The number of carbonyl (C=O) groups excluding carboxylic acids is 2. The summed E-state index contributed by atoms with van der Waals surface area (Å²) in [6, 6.07) is 0. The molecule has 0 bridgehead atoms. The van der Waals surface area contributed by atoms with E-state index in [9.17, 15) is 9.59 Å². The highest BCUT2D eigenvalue weighted by Crippen LogP contribution is 2.11. The maximum atomic E-state index is 12.8. The third-order valence-electron chi connectivity index (χ3n) is 9.85. The predicted molar refractivity (Wildman–Crippen MR) is 278 cm³/mol. The van der Waals surface area contributed by atoms with Crippen LogP contribution in [0.3, 0.4) is 0 Å². The van der Waals surface area contributed by atoms with Gasteiger partial charge in [0.1, 0.15) is 6.61 Å². The molecule has 0 heterocycles. The van der Waals surface area contributed by atoms with Crippen molar-refractivity contribution in [2.45, 2.75) is 194 Å². The highest BCUT2D eigenvalue weighted by atomic mass is 16.6. The number of unbranched alkanes of at least 4 members (excludes halogenated alkanes) is 9. The molecule has 0 amide bonds. The molecule has 5 heteroatoms. The molecule has 64 heavy (non-hydrogen) atoms. The summed E-state index contributed by atoms with van der Waals surface area (Å²) in [6.07, 6.45) is 77.2. The van der Waals surface area contributed by atoms with Crippen molar-refractivity contribution < 1.29 is 23.8 Å². The minimum absolute atomic E-state index is 0.0259. The van der Waals surface area contributed by atoms with Crippen LogP contribution in [0.25, 0.3) is 0 Å². The Hall–Kier alpha value is -4.22. The summed E-state index contributed by atoms with van der Waals surface area (Å²) in [5, 5.41) is 0. The first-order chi connectivity index (χ1) is 31.6. The van der Waals surface area contributed by atoms with Gasteiger partial charge < -0.3 is 14.2 Å². The van der Waals surface area contributed by atoms with Crippen LogP contribution in [0.4, 0.5) is 0 Å². The summed E-state index contributed by atoms with van der Waals surface area (Å²) < 4.78 is 17.3. The molecule has 0 saturated carbocycles. The molecular formula is C59H92O5. The smallest absolute Gasteiger partial charge is 0.306 e. The molecular weight excluding hydrogens is 789 g/mol. The summed E-state index contributed by atoms with van der Waals surface area (Å²) in [5.74, 6) is -0.519. The van der Waals surface area contributed by atoms with Crippen LogP contribution in [-0.2, 0) is 23.8 Å². The molecule has 0 aromatic heterocycles. The molecule has 0 aromatic carbocycles. The predicted octanol–water partition coefficient (Wildman–Crippen LogP) is 17.3. The fourth-order valence-corrected chi connectivity index (χ4v) is 6.20. The second-order valence-electron chi connectivity index (χ2n) is 15.9. The average molecular weight is 881 g/mol. The van der Waals surface area contributed by atoms with E-state index in [1.165, 1.54) is 6.42 Å². The molecule has 0 N–H and O–H groups in total. The zero-order valence-corrected chi connectivity index (χ0v) is 41.0. The quantitative estimate of drug-likeness (QED) is 0.0347. The van der Waals surface area contributed by atoms with Gasteiger partial charge in [-0.3, -0.25) is 9.59 Å². The largest absolute Gasteiger partial charge is 0.462 e. The molecule has 0 spiro atoms. The molecule has 5 nitrogen and oxygen atoms in total. The lowest BCUT2D eigenvalue weighted by Crippen LogP contribution is -2.30. The summed E-state index contributed by atoms with van der Waals surface area (Å²) >= 11 is 0. The Bertz CT molecular complexity index is 1410. The number of esters is 2. The van der Waals surface area contributed by atoms with Crippen LogP contribution in [-0.4, -0.2) is 37.9 Å². The summed E-state index contributed by atoms with van der Waals surface area (Å²) in [4.78, 5) is 25.4. The lowest BCUT2D eigenvalue weighted by molar-refractivity contribution is -0.163. The van der Waals surface area contributed by atoms with Crippen LogP contribution < -0.4 is 0 Å². The fourth-order valence-electron chi connectivity index (χ4n) is 6.20. The van der Waals surface area contributed by atoms with E-state index in [2.05, 4.69) is 167 Å². The lowest BCUT2D eigenvalue weighted by Gasteiger charge is -2.18. The van der Waals surface area contributed by atoms with E-state index < -0.39 is 6.10 Å².